The summed E-state index contributed by atoms with van der Waals surface area (Å²) in [5.74, 6) is 0.452. The second kappa shape index (κ2) is 7.87. The van der Waals surface area contributed by atoms with Crippen molar-refractivity contribution in [1.29, 1.82) is 0 Å². The van der Waals surface area contributed by atoms with E-state index in [-0.39, 0.29) is 17.7 Å². The highest BCUT2D eigenvalue weighted by Gasteiger charge is 2.44. The largest absolute Gasteiger partial charge is 0.353 e. The van der Waals surface area contributed by atoms with Gasteiger partial charge in [-0.15, -0.1) is 0 Å². The van der Waals surface area contributed by atoms with Crippen LogP contribution in [0.2, 0.25) is 0 Å². The van der Waals surface area contributed by atoms with E-state index in [1.807, 2.05) is 37.3 Å². The zero-order chi connectivity index (χ0) is 18.7. The molecule has 0 aliphatic carbocycles. The first kappa shape index (κ1) is 19.9. The van der Waals surface area contributed by atoms with E-state index in [1.54, 1.807) is 6.92 Å². The summed E-state index contributed by atoms with van der Waals surface area (Å²) in [6.07, 6.45) is 1.01. The molecule has 1 amide bonds. The van der Waals surface area contributed by atoms with E-state index in [9.17, 15) is 13.2 Å². The third-order valence-corrected chi connectivity index (χ3v) is 7.34. The molecular weight excluding hydrogens is 336 g/mol. The number of carbonyl (C=O) groups excluding carboxylic acids is 1. The zero-order valence-electron chi connectivity index (χ0n) is 15.7. The van der Waals surface area contributed by atoms with Crippen molar-refractivity contribution < 1.29 is 13.2 Å². The van der Waals surface area contributed by atoms with Gasteiger partial charge in [-0.1, -0.05) is 44.2 Å². The Bertz CT molecular complexity index is 678. The van der Waals surface area contributed by atoms with Crippen molar-refractivity contribution in [1.82, 2.24) is 9.62 Å². The minimum absolute atomic E-state index is 0.00782. The van der Waals surface area contributed by atoms with Crippen LogP contribution in [0.3, 0.4) is 0 Å². The van der Waals surface area contributed by atoms with Gasteiger partial charge in [-0.25, -0.2) is 12.7 Å². The van der Waals surface area contributed by atoms with Crippen LogP contribution in [-0.4, -0.2) is 43.5 Å². The van der Waals surface area contributed by atoms with E-state index in [2.05, 4.69) is 19.2 Å². The van der Waals surface area contributed by atoms with E-state index in [0.29, 0.717) is 31.8 Å². The third-order valence-electron chi connectivity index (χ3n) is 5.45. The lowest BCUT2D eigenvalue weighted by Crippen LogP contribution is -2.54. The summed E-state index contributed by atoms with van der Waals surface area (Å²) in [5, 5.41) is 3.15. The van der Waals surface area contributed by atoms with E-state index in [1.165, 1.54) is 4.31 Å². The van der Waals surface area contributed by atoms with Gasteiger partial charge in [-0.3, -0.25) is 4.79 Å². The van der Waals surface area contributed by atoms with Crippen LogP contribution in [0.5, 0.6) is 0 Å². The second-order valence-corrected chi connectivity index (χ2v) is 9.51. The molecule has 6 heteroatoms. The average Bonchev–Trinajstić information content (AvgIpc) is 2.62. The Labute approximate surface area is 151 Å². The molecule has 1 aromatic carbocycles. The summed E-state index contributed by atoms with van der Waals surface area (Å²) in [7, 11) is -3.21. The molecule has 1 atom stereocenters. The van der Waals surface area contributed by atoms with Crippen LogP contribution in [0, 0.1) is 5.92 Å². The first-order valence-electron chi connectivity index (χ1n) is 9.07. The van der Waals surface area contributed by atoms with Crippen LogP contribution in [0.15, 0.2) is 30.3 Å². The minimum Gasteiger partial charge on any atom is -0.353 e. The number of benzene rings is 1. The van der Waals surface area contributed by atoms with Gasteiger partial charge in [0.05, 0.1) is 11.2 Å². The molecule has 1 fully saturated rings. The summed E-state index contributed by atoms with van der Waals surface area (Å²) in [5.41, 5.74) is 0.307. The van der Waals surface area contributed by atoms with E-state index in [4.69, 9.17) is 0 Å². The number of hydrogen-bond donors (Lipinski definition) is 1. The van der Waals surface area contributed by atoms with Crippen molar-refractivity contribution >= 4 is 15.9 Å². The van der Waals surface area contributed by atoms with Gasteiger partial charge in [0.25, 0.3) is 0 Å². The van der Waals surface area contributed by atoms with Crippen LogP contribution >= 0.6 is 0 Å². The molecule has 2 rings (SSSR count). The molecule has 0 bridgehead atoms. The summed E-state index contributed by atoms with van der Waals surface area (Å²) >= 11 is 0. The molecule has 140 valence electrons. The van der Waals surface area contributed by atoms with Crippen molar-refractivity contribution in [2.24, 2.45) is 5.92 Å². The second-order valence-electron chi connectivity index (χ2n) is 7.25. The normalized spacial score (nSPS) is 19.6. The molecule has 5 nitrogen and oxygen atoms in total. The van der Waals surface area contributed by atoms with Gasteiger partial charge in [0.1, 0.15) is 0 Å². The zero-order valence-corrected chi connectivity index (χ0v) is 16.5. The van der Waals surface area contributed by atoms with Gasteiger partial charge >= 0.3 is 0 Å². The van der Waals surface area contributed by atoms with Crippen LogP contribution in [0.4, 0.5) is 0 Å². The maximum absolute atomic E-state index is 13.2. The number of amides is 1. The third kappa shape index (κ3) is 4.23. The number of sulfonamides is 1. The van der Waals surface area contributed by atoms with E-state index >= 15 is 0 Å². The monoisotopic (exact) mass is 366 g/mol. The number of rotatable bonds is 6. The van der Waals surface area contributed by atoms with Crippen molar-refractivity contribution in [2.45, 2.75) is 52.0 Å². The summed E-state index contributed by atoms with van der Waals surface area (Å²) in [6, 6.07) is 9.83. The lowest BCUT2D eigenvalue weighted by molar-refractivity contribution is -0.129. The van der Waals surface area contributed by atoms with Crippen LogP contribution in [0.25, 0.3) is 0 Å². The first-order valence-corrected chi connectivity index (χ1v) is 10.7. The Kier molecular flexibility index (Phi) is 6.27. The Morgan fingerprint density at radius 3 is 2.20 bits per heavy atom. The molecule has 1 N–H and O–H groups in total. The topological polar surface area (TPSA) is 66.5 Å². The first-order chi connectivity index (χ1) is 11.7. The number of nitrogens with one attached hydrogen (secondary N) is 1. The smallest absolute Gasteiger partial charge is 0.230 e. The van der Waals surface area contributed by atoms with Gasteiger partial charge in [0, 0.05) is 19.1 Å². The molecule has 0 spiro atoms. The molecule has 1 saturated heterocycles. The van der Waals surface area contributed by atoms with Crippen LogP contribution < -0.4 is 5.32 Å². The highest BCUT2D eigenvalue weighted by molar-refractivity contribution is 7.89. The summed E-state index contributed by atoms with van der Waals surface area (Å²) in [4.78, 5) is 13.2. The van der Waals surface area contributed by atoms with Crippen molar-refractivity contribution in [3.63, 3.8) is 0 Å². The van der Waals surface area contributed by atoms with Crippen LogP contribution in [-0.2, 0) is 20.2 Å². The Hall–Kier alpha value is -1.40. The predicted octanol–water partition coefficient (Wildman–Crippen LogP) is 2.53. The van der Waals surface area contributed by atoms with Gasteiger partial charge in [-0.05, 0) is 38.2 Å². The van der Waals surface area contributed by atoms with E-state index < -0.39 is 15.4 Å². The molecule has 0 radical (unpaired) electrons. The van der Waals surface area contributed by atoms with Crippen molar-refractivity contribution in [3.8, 4) is 0 Å². The molecule has 1 aromatic rings. The average molecular weight is 367 g/mol. The Morgan fingerprint density at radius 2 is 1.72 bits per heavy atom. The molecule has 1 heterocycles. The molecule has 0 saturated carbocycles. The fourth-order valence-electron chi connectivity index (χ4n) is 3.24. The van der Waals surface area contributed by atoms with Gasteiger partial charge in [0.2, 0.25) is 15.9 Å². The van der Waals surface area contributed by atoms with Gasteiger partial charge in [-0.2, -0.15) is 0 Å². The van der Waals surface area contributed by atoms with Gasteiger partial charge < -0.3 is 5.32 Å². The maximum Gasteiger partial charge on any atom is 0.230 e. The number of piperidine rings is 1. The SMILES string of the molecule is CCS(=O)(=O)N1CCC(C(=O)NC(C)C(C)C)(c2ccccc2)CC1. The van der Waals surface area contributed by atoms with Gasteiger partial charge in [0.15, 0.2) is 0 Å². The van der Waals surface area contributed by atoms with Crippen molar-refractivity contribution in [3.05, 3.63) is 35.9 Å². The molecule has 0 aromatic heterocycles. The Morgan fingerprint density at radius 1 is 1.16 bits per heavy atom. The fraction of sp³-hybridized carbons (Fsp3) is 0.632. The fourth-order valence-corrected chi connectivity index (χ4v) is 4.35. The number of nitrogens with zero attached hydrogens (tertiary/aromatic N) is 1. The molecule has 1 aliphatic rings. The standard InChI is InChI=1S/C19H30N2O3S/c1-5-25(23,24)21-13-11-19(12-14-21,17-9-7-6-8-10-17)18(22)20-16(4)15(2)3/h6-10,15-16H,5,11-14H2,1-4H3,(H,20,22). The van der Waals surface area contributed by atoms with Crippen LogP contribution in [0.1, 0.15) is 46.1 Å². The quantitative estimate of drug-likeness (QED) is 0.841. The molecule has 1 unspecified atom stereocenters. The minimum atomic E-state index is -3.21. The lowest BCUT2D eigenvalue weighted by atomic mass is 9.72. The number of hydrogen-bond acceptors (Lipinski definition) is 3. The van der Waals surface area contributed by atoms with E-state index in [0.717, 1.165) is 5.56 Å². The number of carbonyl (C=O) groups is 1. The summed E-state index contributed by atoms with van der Waals surface area (Å²) < 4.78 is 25.8. The Balaban J connectivity index is 2.29. The lowest BCUT2D eigenvalue weighted by Gasteiger charge is -2.41. The van der Waals surface area contributed by atoms with Crippen molar-refractivity contribution in [2.75, 3.05) is 18.8 Å². The molecule has 25 heavy (non-hydrogen) atoms. The maximum atomic E-state index is 13.2. The summed E-state index contributed by atoms with van der Waals surface area (Å²) in [6.45, 7) is 8.60. The molecule has 1 aliphatic heterocycles. The molecular formula is C19H30N2O3S. The predicted molar refractivity (Wildman–Crippen MR) is 101 cm³/mol. The highest BCUT2D eigenvalue weighted by atomic mass is 32.2. The highest BCUT2D eigenvalue weighted by Crippen LogP contribution is 2.37.